The fourth-order valence-electron chi connectivity index (χ4n) is 2.35. The molecular formula is C17H20BrN3O4S2. The third kappa shape index (κ3) is 6.13. The Morgan fingerprint density at radius 2 is 1.81 bits per heavy atom. The van der Waals surface area contributed by atoms with E-state index in [1.165, 1.54) is 54.3 Å². The van der Waals surface area contributed by atoms with Gasteiger partial charge in [0.25, 0.3) is 0 Å². The van der Waals surface area contributed by atoms with E-state index in [9.17, 15) is 18.0 Å². The van der Waals surface area contributed by atoms with Crippen LogP contribution in [0.5, 0.6) is 0 Å². The van der Waals surface area contributed by atoms with Crippen LogP contribution in [0.4, 0.5) is 5.69 Å². The van der Waals surface area contributed by atoms with Crippen LogP contribution in [0, 0.1) is 0 Å². The van der Waals surface area contributed by atoms with Crippen LogP contribution in [0.15, 0.2) is 45.1 Å². The molecule has 1 heterocycles. The van der Waals surface area contributed by atoms with Crippen molar-refractivity contribution in [1.82, 2.24) is 9.62 Å². The number of nitrogens with zero attached hydrogens (tertiary/aromatic N) is 1. The summed E-state index contributed by atoms with van der Waals surface area (Å²) in [6.45, 7) is 3.27. The summed E-state index contributed by atoms with van der Waals surface area (Å²) < 4.78 is 28.3. The van der Waals surface area contributed by atoms with Crippen molar-refractivity contribution in [3.05, 3.63) is 45.1 Å². The number of nitrogens with one attached hydrogen (secondary N) is 2. The number of benzene rings is 1. The highest BCUT2D eigenvalue weighted by Crippen LogP contribution is 2.23. The van der Waals surface area contributed by atoms with Crippen LogP contribution in [-0.4, -0.2) is 38.2 Å². The maximum atomic E-state index is 12.5. The van der Waals surface area contributed by atoms with Gasteiger partial charge in [0.1, 0.15) is 0 Å². The summed E-state index contributed by atoms with van der Waals surface area (Å²) in [5.41, 5.74) is 0.493. The average molecular weight is 474 g/mol. The third-order valence-electron chi connectivity index (χ3n) is 3.59. The Hall–Kier alpha value is -1.75. The minimum absolute atomic E-state index is 0.0149. The van der Waals surface area contributed by atoms with E-state index in [-0.39, 0.29) is 16.7 Å². The van der Waals surface area contributed by atoms with Crippen LogP contribution in [0.1, 0.15) is 18.7 Å². The zero-order valence-electron chi connectivity index (χ0n) is 15.0. The molecule has 10 heteroatoms. The normalized spacial score (nSPS) is 12.4. The van der Waals surface area contributed by atoms with Crippen molar-refractivity contribution in [3.8, 4) is 0 Å². The standard InChI is InChI=1S/C17H20BrN3O4S2/c1-11(17(23)21(3)10-14-6-9-16(18)26-14)20-27(24,25)15-7-4-13(5-8-15)19-12(2)22/h4-9,11,20H,10H2,1-3H3,(H,19,22). The predicted molar refractivity (Wildman–Crippen MR) is 109 cm³/mol. The molecule has 1 aromatic carbocycles. The lowest BCUT2D eigenvalue weighted by molar-refractivity contribution is -0.131. The summed E-state index contributed by atoms with van der Waals surface area (Å²) in [4.78, 5) is 26.0. The zero-order chi connectivity index (χ0) is 20.2. The smallest absolute Gasteiger partial charge is 0.241 e. The van der Waals surface area contributed by atoms with Gasteiger partial charge in [0.05, 0.1) is 21.3 Å². The molecule has 0 bridgehead atoms. The second kappa shape index (κ2) is 8.96. The topological polar surface area (TPSA) is 95.6 Å². The minimum atomic E-state index is -3.87. The van der Waals surface area contributed by atoms with Crippen LogP contribution < -0.4 is 10.0 Å². The van der Waals surface area contributed by atoms with Gasteiger partial charge >= 0.3 is 0 Å². The van der Waals surface area contributed by atoms with Crippen LogP contribution in [0.25, 0.3) is 0 Å². The molecule has 2 N–H and O–H groups in total. The van der Waals surface area contributed by atoms with Crippen molar-refractivity contribution in [2.24, 2.45) is 0 Å². The highest BCUT2D eigenvalue weighted by molar-refractivity contribution is 9.11. The van der Waals surface area contributed by atoms with Gasteiger partial charge in [0, 0.05) is 24.5 Å². The van der Waals surface area contributed by atoms with Crippen molar-refractivity contribution >= 4 is 54.8 Å². The Labute approximate surface area is 170 Å². The van der Waals surface area contributed by atoms with Crippen molar-refractivity contribution < 1.29 is 18.0 Å². The van der Waals surface area contributed by atoms with Gasteiger partial charge in [-0.2, -0.15) is 4.72 Å². The molecule has 0 radical (unpaired) electrons. The summed E-state index contributed by atoms with van der Waals surface area (Å²) in [6.07, 6.45) is 0. The minimum Gasteiger partial charge on any atom is -0.339 e. The number of halogens is 1. The lowest BCUT2D eigenvalue weighted by atomic mass is 10.3. The number of hydrogen-bond donors (Lipinski definition) is 2. The summed E-state index contributed by atoms with van der Waals surface area (Å²) >= 11 is 4.89. The van der Waals surface area contributed by atoms with Crippen LogP contribution in [0.2, 0.25) is 0 Å². The number of amides is 2. The van der Waals surface area contributed by atoms with Crippen molar-refractivity contribution in [1.29, 1.82) is 0 Å². The Bertz CT molecular complexity index is 926. The van der Waals surface area contributed by atoms with E-state index in [4.69, 9.17) is 0 Å². The number of anilines is 1. The van der Waals surface area contributed by atoms with E-state index < -0.39 is 16.1 Å². The number of likely N-dealkylation sites (N-methyl/N-ethyl adjacent to an activating group) is 1. The van der Waals surface area contributed by atoms with Gasteiger partial charge in [0.2, 0.25) is 21.8 Å². The summed E-state index contributed by atoms with van der Waals surface area (Å²) in [7, 11) is -2.24. The summed E-state index contributed by atoms with van der Waals surface area (Å²) in [5, 5.41) is 2.56. The summed E-state index contributed by atoms with van der Waals surface area (Å²) in [6, 6.07) is 8.61. The van der Waals surface area contributed by atoms with Crippen molar-refractivity contribution in [2.45, 2.75) is 31.3 Å². The number of hydrogen-bond acceptors (Lipinski definition) is 5. The third-order valence-corrected chi connectivity index (χ3v) is 6.75. The molecule has 0 aliphatic carbocycles. The number of carbonyl (C=O) groups is 2. The second-order valence-corrected chi connectivity index (χ2v) is 10.2. The van der Waals surface area contributed by atoms with Gasteiger partial charge in [-0.1, -0.05) is 0 Å². The Kier molecular flexibility index (Phi) is 7.15. The highest BCUT2D eigenvalue weighted by Gasteiger charge is 2.24. The molecule has 0 fully saturated rings. The van der Waals surface area contributed by atoms with E-state index in [0.717, 1.165) is 8.66 Å². The molecule has 0 aliphatic rings. The number of sulfonamides is 1. The molecule has 1 aromatic heterocycles. The second-order valence-electron chi connectivity index (χ2n) is 5.95. The molecule has 2 amide bonds. The molecule has 2 rings (SSSR count). The maximum Gasteiger partial charge on any atom is 0.241 e. The number of thiophene rings is 1. The monoisotopic (exact) mass is 473 g/mol. The zero-order valence-corrected chi connectivity index (χ0v) is 18.2. The number of rotatable bonds is 7. The molecule has 1 unspecified atom stereocenters. The Morgan fingerprint density at radius 3 is 2.33 bits per heavy atom. The fourth-order valence-corrected chi connectivity index (χ4v) is 5.08. The van der Waals surface area contributed by atoms with Gasteiger partial charge in [-0.15, -0.1) is 11.3 Å². The molecule has 0 spiro atoms. The Balaban J connectivity index is 2.02. The van der Waals surface area contributed by atoms with Crippen LogP contribution in [0.3, 0.4) is 0 Å². The van der Waals surface area contributed by atoms with Crippen LogP contribution in [-0.2, 0) is 26.2 Å². The lowest BCUT2D eigenvalue weighted by Gasteiger charge is -2.21. The molecule has 27 heavy (non-hydrogen) atoms. The summed E-state index contributed by atoms with van der Waals surface area (Å²) in [5.74, 6) is -0.582. The van der Waals surface area contributed by atoms with Crippen molar-refractivity contribution in [3.63, 3.8) is 0 Å². The predicted octanol–water partition coefficient (Wildman–Crippen LogP) is 2.79. The molecule has 7 nitrogen and oxygen atoms in total. The van der Waals surface area contributed by atoms with Gasteiger partial charge in [0.15, 0.2) is 0 Å². The SMILES string of the molecule is CC(=O)Nc1ccc(S(=O)(=O)NC(C)C(=O)N(C)Cc2ccc(Br)s2)cc1. The van der Waals surface area contributed by atoms with Gasteiger partial charge in [-0.05, 0) is 59.3 Å². The molecule has 0 saturated heterocycles. The van der Waals surface area contributed by atoms with Crippen molar-refractivity contribution in [2.75, 3.05) is 12.4 Å². The van der Waals surface area contributed by atoms with Gasteiger partial charge < -0.3 is 10.2 Å². The first kappa shape index (κ1) is 21.5. The van der Waals surface area contributed by atoms with E-state index in [1.54, 1.807) is 7.05 Å². The first-order chi connectivity index (χ1) is 12.6. The molecule has 2 aromatic rings. The van der Waals surface area contributed by atoms with E-state index in [0.29, 0.717) is 12.2 Å². The largest absolute Gasteiger partial charge is 0.339 e. The first-order valence-electron chi connectivity index (χ1n) is 7.97. The van der Waals surface area contributed by atoms with Crippen LogP contribution >= 0.6 is 27.3 Å². The molecular weight excluding hydrogens is 454 g/mol. The first-order valence-corrected chi connectivity index (χ1v) is 11.1. The van der Waals surface area contributed by atoms with E-state index >= 15 is 0 Å². The fraction of sp³-hybridized carbons (Fsp3) is 0.294. The number of carbonyl (C=O) groups excluding carboxylic acids is 2. The molecule has 1 atom stereocenters. The van der Waals surface area contributed by atoms with Gasteiger partial charge in [-0.3, -0.25) is 9.59 Å². The highest BCUT2D eigenvalue weighted by atomic mass is 79.9. The average Bonchev–Trinajstić information content (AvgIpc) is 2.98. The molecule has 0 aliphatic heterocycles. The Morgan fingerprint density at radius 1 is 1.19 bits per heavy atom. The van der Waals surface area contributed by atoms with E-state index in [1.807, 2.05) is 12.1 Å². The molecule has 146 valence electrons. The maximum absolute atomic E-state index is 12.5. The van der Waals surface area contributed by atoms with E-state index in [2.05, 4.69) is 26.0 Å². The lowest BCUT2D eigenvalue weighted by Crippen LogP contribution is -2.45. The van der Waals surface area contributed by atoms with Gasteiger partial charge in [-0.25, -0.2) is 8.42 Å². The molecule has 0 saturated carbocycles. The quantitative estimate of drug-likeness (QED) is 0.645.